The second kappa shape index (κ2) is 2.56. The van der Waals surface area contributed by atoms with Gasteiger partial charge in [-0.15, -0.1) is 0 Å². The van der Waals surface area contributed by atoms with Crippen LogP contribution in [0, 0.1) is 0 Å². The fraction of sp³-hybridized carbons (Fsp3) is 0.167. The van der Waals surface area contributed by atoms with Crippen LogP contribution in [0.2, 0.25) is 0 Å². The topological polar surface area (TPSA) is 116 Å². The van der Waals surface area contributed by atoms with Gasteiger partial charge in [0.2, 0.25) is 5.95 Å². The Bertz CT molecular complexity index is 424. The number of nitrogen functional groups attached to an aromatic ring is 1. The van der Waals surface area contributed by atoms with Gasteiger partial charge in [0.1, 0.15) is 0 Å². The average molecular weight is 181 g/mol. The molecule has 7 nitrogen and oxygen atoms in total. The predicted octanol–water partition coefficient (Wildman–Crippen LogP) is -1.20. The molecule has 0 aliphatic carbocycles. The van der Waals surface area contributed by atoms with Crippen molar-refractivity contribution in [2.75, 3.05) is 11.1 Å². The molecule has 13 heavy (non-hydrogen) atoms. The van der Waals surface area contributed by atoms with Gasteiger partial charge in [0.15, 0.2) is 17.7 Å². The Kier molecular flexibility index (Phi) is 1.52. The third kappa shape index (κ3) is 1.25. The van der Waals surface area contributed by atoms with Gasteiger partial charge in [0.25, 0.3) is 5.56 Å². The third-order valence-corrected chi connectivity index (χ3v) is 1.54. The van der Waals surface area contributed by atoms with Crippen molar-refractivity contribution in [3.63, 3.8) is 0 Å². The number of rotatable bonds is 0. The molecule has 0 bridgehead atoms. The average Bonchev–Trinajstić information content (AvgIpc) is 2.02. The molecule has 0 aromatic carbocycles. The van der Waals surface area contributed by atoms with E-state index in [1.54, 1.807) is 0 Å². The number of aromatic amines is 1. The monoisotopic (exact) mass is 181 g/mol. The zero-order chi connectivity index (χ0) is 9.42. The summed E-state index contributed by atoms with van der Waals surface area (Å²) in [4.78, 5) is 20.9. The Morgan fingerprint density at radius 3 is 3.15 bits per heavy atom. The predicted molar refractivity (Wildman–Crippen MR) is 47.1 cm³/mol. The standard InChI is InChI=1S/C6H7N5O2/c7-6-10-4-3(5(13)11-6)8-1-2(12)9-4/h1-2,12H,(H4,7,9,10,11,13)/t2-/m0/s1. The summed E-state index contributed by atoms with van der Waals surface area (Å²) < 4.78 is 0. The molecule has 0 saturated heterocycles. The van der Waals surface area contributed by atoms with Crippen LogP contribution in [0.25, 0.3) is 0 Å². The van der Waals surface area contributed by atoms with Gasteiger partial charge in [-0.3, -0.25) is 9.78 Å². The number of H-pyrrole nitrogens is 1. The van der Waals surface area contributed by atoms with Gasteiger partial charge >= 0.3 is 0 Å². The van der Waals surface area contributed by atoms with Gasteiger partial charge in [-0.05, 0) is 0 Å². The highest BCUT2D eigenvalue weighted by molar-refractivity contribution is 5.79. The van der Waals surface area contributed by atoms with Crippen molar-refractivity contribution in [3.8, 4) is 0 Å². The lowest BCUT2D eigenvalue weighted by Gasteiger charge is -2.14. The van der Waals surface area contributed by atoms with Crippen LogP contribution in [0.15, 0.2) is 9.79 Å². The van der Waals surface area contributed by atoms with Crippen molar-refractivity contribution in [2.24, 2.45) is 4.99 Å². The molecule has 5 N–H and O–H groups in total. The van der Waals surface area contributed by atoms with Crippen molar-refractivity contribution < 1.29 is 5.11 Å². The Balaban J connectivity index is 2.63. The molecule has 2 heterocycles. The van der Waals surface area contributed by atoms with Crippen LogP contribution < -0.4 is 16.6 Å². The molecule has 0 spiro atoms. The number of aromatic nitrogens is 2. The van der Waals surface area contributed by atoms with Crippen molar-refractivity contribution in [1.82, 2.24) is 9.97 Å². The molecule has 1 aromatic heterocycles. The Morgan fingerprint density at radius 1 is 1.62 bits per heavy atom. The summed E-state index contributed by atoms with van der Waals surface area (Å²) in [5, 5.41) is 11.6. The number of aliphatic hydroxyl groups is 1. The molecule has 2 rings (SSSR count). The van der Waals surface area contributed by atoms with E-state index in [-0.39, 0.29) is 17.5 Å². The first-order chi connectivity index (χ1) is 6.16. The van der Waals surface area contributed by atoms with E-state index in [2.05, 4.69) is 20.3 Å². The number of hydrogen-bond donors (Lipinski definition) is 4. The van der Waals surface area contributed by atoms with Crippen molar-refractivity contribution >= 4 is 23.7 Å². The quantitative estimate of drug-likeness (QED) is 0.401. The maximum absolute atomic E-state index is 11.2. The number of nitrogens with two attached hydrogens (primary N) is 1. The first-order valence-corrected chi connectivity index (χ1v) is 3.55. The molecule has 1 aliphatic rings. The minimum absolute atomic E-state index is 0.0134. The number of fused-ring (bicyclic) bond motifs is 1. The first-order valence-electron chi connectivity index (χ1n) is 3.55. The zero-order valence-electron chi connectivity index (χ0n) is 6.48. The lowest BCUT2D eigenvalue weighted by molar-refractivity contribution is 0.273. The number of hydrogen-bond acceptors (Lipinski definition) is 6. The molecule has 7 heteroatoms. The van der Waals surface area contributed by atoms with Gasteiger partial charge in [-0.2, -0.15) is 4.98 Å². The van der Waals surface area contributed by atoms with Gasteiger partial charge in [-0.1, -0.05) is 0 Å². The highest BCUT2D eigenvalue weighted by Gasteiger charge is 2.15. The summed E-state index contributed by atoms with van der Waals surface area (Å²) in [5.74, 6) is 0.178. The van der Waals surface area contributed by atoms with Crippen LogP contribution in [0.3, 0.4) is 0 Å². The molecule has 1 aromatic rings. The summed E-state index contributed by atoms with van der Waals surface area (Å²) in [5.41, 5.74) is 4.98. The van der Waals surface area contributed by atoms with E-state index >= 15 is 0 Å². The van der Waals surface area contributed by atoms with E-state index in [1.807, 2.05) is 0 Å². The van der Waals surface area contributed by atoms with Crippen LogP contribution in [0.5, 0.6) is 0 Å². The summed E-state index contributed by atoms with van der Waals surface area (Å²) in [6, 6.07) is 0. The molecule has 0 fully saturated rings. The Labute approximate surface area is 72.3 Å². The largest absolute Gasteiger partial charge is 0.369 e. The number of anilines is 2. The van der Waals surface area contributed by atoms with Crippen LogP contribution >= 0.6 is 0 Å². The molecule has 0 radical (unpaired) electrons. The second-order valence-electron chi connectivity index (χ2n) is 2.52. The number of nitrogens with zero attached hydrogens (tertiary/aromatic N) is 2. The molecular formula is C6H7N5O2. The van der Waals surface area contributed by atoms with Crippen LogP contribution in [-0.4, -0.2) is 27.5 Å². The van der Waals surface area contributed by atoms with E-state index in [4.69, 9.17) is 10.8 Å². The van der Waals surface area contributed by atoms with E-state index < -0.39 is 11.8 Å². The van der Waals surface area contributed by atoms with Gasteiger partial charge < -0.3 is 16.2 Å². The van der Waals surface area contributed by atoms with Gasteiger partial charge in [0.05, 0.1) is 6.21 Å². The maximum atomic E-state index is 11.2. The lowest BCUT2D eigenvalue weighted by Crippen LogP contribution is -2.26. The smallest absolute Gasteiger partial charge is 0.280 e. The number of aliphatic hydroxyl groups excluding tert-OH is 1. The van der Waals surface area contributed by atoms with Crippen LogP contribution in [0.4, 0.5) is 17.5 Å². The lowest BCUT2D eigenvalue weighted by atomic mass is 10.4. The highest BCUT2D eigenvalue weighted by atomic mass is 16.3. The van der Waals surface area contributed by atoms with Crippen molar-refractivity contribution in [1.29, 1.82) is 0 Å². The molecular weight excluding hydrogens is 174 g/mol. The van der Waals surface area contributed by atoms with Gasteiger partial charge in [-0.25, -0.2) is 4.99 Å². The number of aliphatic imine (C=N–C) groups is 1. The molecule has 1 atom stereocenters. The highest BCUT2D eigenvalue weighted by Crippen LogP contribution is 2.20. The van der Waals surface area contributed by atoms with Crippen LogP contribution in [0.1, 0.15) is 0 Å². The summed E-state index contributed by atoms with van der Waals surface area (Å²) in [6.07, 6.45) is 0.274. The SMILES string of the molecule is Nc1nc2c(c(=O)[nH]1)N=C[C@H](O)N2. The fourth-order valence-electron chi connectivity index (χ4n) is 1.03. The van der Waals surface area contributed by atoms with Gasteiger partial charge in [0, 0.05) is 0 Å². The fourth-order valence-corrected chi connectivity index (χ4v) is 1.03. The van der Waals surface area contributed by atoms with Crippen molar-refractivity contribution in [2.45, 2.75) is 6.23 Å². The number of nitrogens with one attached hydrogen (secondary N) is 2. The van der Waals surface area contributed by atoms with E-state index in [0.717, 1.165) is 0 Å². The summed E-state index contributed by atoms with van der Waals surface area (Å²) >= 11 is 0. The van der Waals surface area contributed by atoms with Crippen LogP contribution in [-0.2, 0) is 0 Å². The normalized spacial score (nSPS) is 19.3. The van der Waals surface area contributed by atoms with E-state index in [1.165, 1.54) is 6.21 Å². The second-order valence-corrected chi connectivity index (χ2v) is 2.52. The Hall–Kier alpha value is -1.89. The summed E-state index contributed by atoms with van der Waals surface area (Å²) in [7, 11) is 0. The zero-order valence-corrected chi connectivity index (χ0v) is 6.48. The minimum atomic E-state index is -0.929. The van der Waals surface area contributed by atoms with Crippen molar-refractivity contribution in [3.05, 3.63) is 10.4 Å². The molecule has 0 saturated carbocycles. The summed E-state index contributed by atoms with van der Waals surface area (Å²) in [6.45, 7) is 0. The first kappa shape index (κ1) is 7.74. The molecule has 0 amide bonds. The molecule has 0 unspecified atom stereocenters. The van der Waals surface area contributed by atoms with E-state index in [9.17, 15) is 4.79 Å². The van der Waals surface area contributed by atoms with E-state index in [0.29, 0.717) is 0 Å². The molecule has 68 valence electrons. The minimum Gasteiger partial charge on any atom is -0.369 e. The molecule has 1 aliphatic heterocycles. The maximum Gasteiger partial charge on any atom is 0.280 e. The third-order valence-electron chi connectivity index (χ3n) is 1.54. The Morgan fingerprint density at radius 2 is 2.38 bits per heavy atom.